The predicted molar refractivity (Wildman–Crippen MR) is 79.1 cm³/mol. The van der Waals surface area contributed by atoms with Crippen LogP contribution >= 0.6 is 0 Å². The van der Waals surface area contributed by atoms with E-state index in [1.807, 2.05) is 24.3 Å². The van der Waals surface area contributed by atoms with Crippen molar-refractivity contribution in [3.05, 3.63) is 54.1 Å². The molecule has 0 radical (unpaired) electrons. The molecule has 0 aliphatic carbocycles. The van der Waals surface area contributed by atoms with Gasteiger partial charge in [-0.25, -0.2) is 0 Å². The summed E-state index contributed by atoms with van der Waals surface area (Å²) in [5.41, 5.74) is 2.38. The molecule has 112 valence electrons. The summed E-state index contributed by atoms with van der Waals surface area (Å²) in [5, 5.41) is 2.77. The molecule has 1 aromatic heterocycles. The molecular formula is C16H15N3O3. The lowest BCUT2D eigenvalue weighted by molar-refractivity contribution is -0.145. The molecule has 1 N–H and O–H groups in total. The molecule has 1 aromatic carbocycles. The summed E-state index contributed by atoms with van der Waals surface area (Å²) in [5.74, 6) is -1.02. The Morgan fingerprint density at radius 1 is 1.27 bits per heavy atom. The Morgan fingerprint density at radius 2 is 2.14 bits per heavy atom. The van der Waals surface area contributed by atoms with Gasteiger partial charge < -0.3 is 10.1 Å². The number of carbonyl (C=O) groups is 2. The number of hydrogen-bond acceptors (Lipinski definition) is 5. The topological polar surface area (TPSA) is 81.2 Å². The second-order valence-corrected chi connectivity index (χ2v) is 5.00. The van der Waals surface area contributed by atoms with Crippen molar-refractivity contribution in [2.75, 3.05) is 11.9 Å². The van der Waals surface area contributed by atoms with Gasteiger partial charge in [0, 0.05) is 30.7 Å². The smallest absolute Gasteiger partial charge is 0.306 e. The molecule has 6 nitrogen and oxygen atoms in total. The molecule has 2 aromatic rings. The lowest BCUT2D eigenvalue weighted by Crippen LogP contribution is -2.18. The minimum atomic E-state index is -0.472. The van der Waals surface area contributed by atoms with Gasteiger partial charge in [-0.2, -0.15) is 0 Å². The van der Waals surface area contributed by atoms with Crippen molar-refractivity contribution < 1.29 is 14.3 Å². The number of aromatic nitrogens is 2. The largest absolute Gasteiger partial charge is 0.465 e. The van der Waals surface area contributed by atoms with Crippen LogP contribution in [0.2, 0.25) is 0 Å². The summed E-state index contributed by atoms with van der Waals surface area (Å²) in [4.78, 5) is 31.9. The average Bonchev–Trinajstić information content (AvgIpc) is 2.84. The molecule has 2 heterocycles. The molecule has 0 fully saturated rings. The molecular weight excluding hydrogens is 282 g/mol. The van der Waals surface area contributed by atoms with Gasteiger partial charge in [-0.05, 0) is 11.6 Å². The number of amides is 1. The first-order valence-corrected chi connectivity index (χ1v) is 7.04. The molecule has 1 aliphatic rings. The summed E-state index contributed by atoms with van der Waals surface area (Å²) in [6.07, 6.45) is 5.37. The predicted octanol–water partition coefficient (Wildman–Crippen LogP) is 1.69. The van der Waals surface area contributed by atoms with E-state index in [-0.39, 0.29) is 24.9 Å². The molecule has 1 amide bonds. The van der Waals surface area contributed by atoms with Gasteiger partial charge in [0.05, 0.1) is 24.6 Å². The van der Waals surface area contributed by atoms with Crippen LogP contribution in [0, 0.1) is 0 Å². The number of fused-ring (bicyclic) bond motifs is 1. The van der Waals surface area contributed by atoms with E-state index in [2.05, 4.69) is 15.3 Å². The molecule has 0 saturated heterocycles. The van der Waals surface area contributed by atoms with E-state index in [1.54, 1.807) is 18.6 Å². The molecule has 1 unspecified atom stereocenters. The van der Waals surface area contributed by atoms with Gasteiger partial charge in [-0.3, -0.25) is 19.6 Å². The van der Waals surface area contributed by atoms with Gasteiger partial charge in [-0.15, -0.1) is 0 Å². The summed E-state index contributed by atoms with van der Waals surface area (Å²) < 4.78 is 5.18. The fraction of sp³-hybridized carbons (Fsp3) is 0.250. The van der Waals surface area contributed by atoms with Crippen LogP contribution in [0.15, 0.2) is 42.9 Å². The van der Waals surface area contributed by atoms with Crippen LogP contribution in [0.3, 0.4) is 0 Å². The maximum Gasteiger partial charge on any atom is 0.306 e. The molecule has 22 heavy (non-hydrogen) atoms. The Balaban J connectivity index is 1.53. The normalized spacial score (nSPS) is 16.0. The fourth-order valence-corrected chi connectivity index (χ4v) is 2.43. The number of esters is 1. The molecule has 0 bridgehead atoms. The van der Waals surface area contributed by atoms with Crippen LogP contribution in [-0.2, 0) is 20.7 Å². The third-order valence-corrected chi connectivity index (χ3v) is 3.52. The lowest BCUT2D eigenvalue weighted by atomic mass is 9.97. The molecule has 1 aliphatic heterocycles. The zero-order valence-electron chi connectivity index (χ0n) is 11.9. The number of para-hydroxylation sites is 1. The van der Waals surface area contributed by atoms with Gasteiger partial charge in [-0.1, -0.05) is 18.2 Å². The third kappa shape index (κ3) is 3.11. The minimum absolute atomic E-state index is 0.0450. The Bertz CT molecular complexity index is 688. The Morgan fingerprint density at radius 3 is 2.95 bits per heavy atom. The Kier molecular flexibility index (Phi) is 4.09. The van der Waals surface area contributed by atoms with Crippen LogP contribution in [0.25, 0.3) is 0 Å². The number of nitrogens with one attached hydrogen (secondary N) is 1. The van der Waals surface area contributed by atoms with Crippen molar-refractivity contribution in [1.29, 1.82) is 0 Å². The highest BCUT2D eigenvalue weighted by molar-refractivity contribution is 6.04. The summed E-state index contributed by atoms with van der Waals surface area (Å²) in [6, 6.07) is 7.38. The molecule has 0 spiro atoms. The average molecular weight is 297 g/mol. The second kappa shape index (κ2) is 6.34. The van der Waals surface area contributed by atoms with Crippen molar-refractivity contribution in [2.24, 2.45) is 0 Å². The highest BCUT2D eigenvalue weighted by Gasteiger charge is 2.32. The van der Waals surface area contributed by atoms with Crippen LogP contribution in [0.5, 0.6) is 0 Å². The van der Waals surface area contributed by atoms with Gasteiger partial charge >= 0.3 is 5.97 Å². The summed E-state index contributed by atoms with van der Waals surface area (Å²) >= 11 is 0. The molecule has 0 saturated carbocycles. The number of nitrogens with zero attached hydrogens (tertiary/aromatic N) is 2. The SMILES string of the molecule is O=C(CC1C(=O)Nc2ccccc21)OCCc1cnccn1. The number of rotatable bonds is 5. The van der Waals surface area contributed by atoms with E-state index in [1.165, 1.54) is 0 Å². The van der Waals surface area contributed by atoms with E-state index in [0.717, 1.165) is 16.9 Å². The zero-order chi connectivity index (χ0) is 15.4. The van der Waals surface area contributed by atoms with E-state index >= 15 is 0 Å². The first kappa shape index (κ1) is 14.2. The number of hydrogen-bond donors (Lipinski definition) is 1. The van der Waals surface area contributed by atoms with Crippen LogP contribution in [-0.4, -0.2) is 28.5 Å². The third-order valence-electron chi connectivity index (χ3n) is 3.52. The number of ether oxygens (including phenoxy) is 1. The van der Waals surface area contributed by atoms with Crippen molar-refractivity contribution >= 4 is 17.6 Å². The highest BCUT2D eigenvalue weighted by Crippen LogP contribution is 2.34. The summed E-state index contributed by atoms with van der Waals surface area (Å²) in [6.45, 7) is 0.230. The van der Waals surface area contributed by atoms with E-state index in [0.29, 0.717) is 6.42 Å². The van der Waals surface area contributed by atoms with E-state index in [4.69, 9.17) is 4.74 Å². The monoisotopic (exact) mass is 297 g/mol. The highest BCUT2D eigenvalue weighted by atomic mass is 16.5. The maximum absolute atomic E-state index is 11.9. The first-order chi connectivity index (χ1) is 10.7. The van der Waals surface area contributed by atoms with Crippen LogP contribution in [0.4, 0.5) is 5.69 Å². The zero-order valence-corrected chi connectivity index (χ0v) is 11.9. The standard InChI is InChI=1S/C16H15N3O3/c20-15(22-8-5-11-10-17-6-7-18-11)9-13-12-3-1-2-4-14(12)19-16(13)21/h1-4,6-7,10,13H,5,8-9H2,(H,19,21). The van der Waals surface area contributed by atoms with Gasteiger partial charge in [0.15, 0.2) is 0 Å². The van der Waals surface area contributed by atoms with Gasteiger partial charge in [0.2, 0.25) is 5.91 Å². The molecule has 1 atom stereocenters. The van der Waals surface area contributed by atoms with Crippen molar-refractivity contribution in [1.82, 2.24) is 9.97 Å². The van der Waals surface area contributed by atoms with Gasteiger partial charge in [0.25, 0.3) is 0 Å². The van der Waals surface area contributed by atoms with Crippen molar-refractivity contribution in [3.8, 4) is 0 Å². The van der Waals surface area contributed by atoms with Crippen molar-refractivity contribution in [2.45, 2.75) is 18.8 Å². The quantitative estimate of drug-likeness (QED) is 0.849. The van der Waals surface area contributed by atoms with Crippen LogP contribution in [0.1, 0.15) is 23.6 Å². The Hall–Kier alpha value is -2.76. The Labute approximate surface area is 127 Å². The van der Waals surface area contributed by atoms with E-state index in [9.17, 15) is 9.59 Å². The van der Waals surface area contributed by atoms with Gasteiger partial charge in [0.1, 0.15) is 0 Å². The molecule has 3 rings (SSSR count). The number of benzene rings is 1. The summed E-state index contributed by atoms with van der Waals surface area (Å²) in [7, 11) is 0. The van der Waals surface area contributed by atoms with E-state index < -0.39 is 5.92 Å². The minimum Gasteiger partial charge on any atom is -0.465 e. The fourth-order valence-electron chi connectivity index (χ4n) is 2.43. The molecule has 6 heteroatoms. The lowest BCUT2D eigenvalue weighted by Gasteiger charge is -2.09. The second-order valence-electron chi connectivity index (χ2n) is 5.00. The number of anilines is 1. The number of carbonyl (C=O) groups excluding carboxylic acids is 2. The van der Waals surface area contributed by atoms with Crippen LogP contribution < -0.4 is 5.32 Å². The first-order valence-electron chi connectivity index (χ1n) is 7.04. The van der Waals surface area contributed by atoms with Crippen molar-refractivity contribution in [3.63, 3.8) is 0 Å². The maximum atomic E-state index is 11.9.